The van der Waals surface area contributed by atoms with Crippen LogP contribution in [0, 0.1) is 5.82 Å². The minimum Gasteiger partial charge on any atom is -0.493 e. The summed E-state index contributed by atoms with van der Waals surface area (Å²) in [7, 11) is -1.60. The van der Waals surface area contributed by atoms with Crippen molar-refractivity contribution in [1.29, 1.82) is 0 Å². The maximum Gasteiger partial charge on any atom is 0.265 e. The van der Waals surface area contributed by atoms with Gasteiger partial charge in [0.1, 0.15) is 12.4 Å². The molecule has 0 aliphatic rings. The molecule has 0 saturated carbocycles. The van der Waals surface area contributed by atoms with Crippen molar-refractivity contribution in [3.63, 3.8) is 0 Å². The van der Waals surface area contributed by atoms with E-state index in [2.05, 4.69) is 5.32 Å². The standard InChI is InChI=1S/C23H21Cl2FN2O5S/c1-32-21-10-9-17(12-22(21)33-2)34(30,31)28(20-6-4-3-5-19(20)26)14-23(29)27-13-15-7-8-16(24)11-18(15)25/h3-12H,13-14H2,1-2H3,(H,27,29). The summed E-state index contributed by atoms with van der Waals surface area (Å²) in [5.41, 5.74) is 0.302. The molecule has 0 bridgehead atoms. The lowest BCUT2D eigenvalue weighted by molar-refractivity contribution is -0.119. The van der Waals surface area contributed by atoms with Gasteiger partial charge in [0.05, 0.1) is 24.8 Å². The minimum absolute atomic E-state index is 0.0242. The number of rotatable bonds is 9. The third kappa shape index (κ3) is 5.72. The van der Waals surface area contributed by atoms with Gasteiger partial charge in [0.15, 0.2) is 11.5 Å². The van der Waals surface area contributed by atoms with E-state index in [1.807, 2.05) is 0 Å². The molecule has 3 rings (SSSR count). The van der Waals surface area contributed by atoms with E-state index in [0.717, 1.165) is 6.07 Å². The van der Waals surface area contributed by atoms with Gasteiger partial charge in [-0.3, -0.25) is 9.10 Å². The number of para-hydroxylation sites is 1. The third-order valence-corrected chi connectivity index (χ3v) is 7.19. The first-order chi connectivity index (χ1) is 16.2. The molecule has 1 N–H and O–H groups in total. The van der Waals surface area contributed by atoms with Gasteiger partial charge in [-0.25, -0.2) is 12.8 Å². The molecule has 0 saturated heterocycles. The average molecular weight is 527 g/mol. The van der Waals surface area contributed by atoms with Crippen molar-refractivity contribution in [2.75, 3.05) is 25.1 Å². The number of carbonyl (C=O) groups is 1. The summed E-state index contributed by atoms with van der Waals surface area (Å²) in [5, 5.41) is 3.38. The topological polar surface area (TPSA) is 84.9 Å². The van der Waals surface area contributed by atoms with Crippen LogP contribution in [0.3, 0.4) is 0 Å². The van der Waals surface area contributed by atoms with Crippen LogP contribution in [0.4, 0.5) is 10.1 Å². The number of amides is 1. The van der Waals surface area contributed by atoms with Crippen LogP contribution in [0.15, 0.2) is 65.6 Å². The SMILES string of the molecule is COc1ccc(S(=O)(=O)N(CC(=O)NCc2ccc(Cl)cc2Cl)c2ccccc2F)cc1OC. The second-order valence-corrected chi connectivity index (χ2v) is 9.70. The monoisotopic (exact) mass is 526 g/mol. The number of benzene rings is 3. The first kappa shape index (κ1) is 25.6. The van der Waals surface area contributed by atoms with Crippen LogP contribution in [-0.4, -0.2) is 35.1 Å². The van der Waals surface area contributed by atoms with Crippen LogP contribution < -0.4 is 19.1 Å². The van der Waals surface area contributed by atoms with E-state index in [0.29, 0.717) is 25.7 Å². The zero-order valence-electron chi connectivity index (χ0n) is 18.2. The molecule has 7 nitrogen and oxygen atoms in total. The lowest BCUT2D eigenvalue weighted by Gasteiger charge is -2.25. The van der Waals surface area contributed by atoms with Crippen LogP contribution in [0.1, 0.15) is 5.56 Å². The Bertz CT molecular complexity index is 1300. The number of nitrogens with zero attached hydrogens (tertiary/aromatic N) is 1. The van der Waals surface area contributed by atoms with Gasteiger partial charge in [0, 0.05) is 22.7 Å². The zero-order valence-corrected chi connectivity index (χ0v) is 20.5. The normalized spacial score (nSPS) is 11.1. The molecule has 0 atom stereocenters. The molecule has 0 aromatic heterocycles. The molecule has 11 heteroatoms. The molecule has 3 aromatic carbocycles. The molecule has 3 aromatic rings. The number of hydrogen-bond donors (Lipinski definition) is 1. The van der Waals surface area contributed by atoms with E-state index < -0.39 is 28.3 Å². The molecule has 180 valence electrons. The quantitative estimate of drug-likeness (QED) is 0.438. The molecule has 0 fully saturated rings. The van der Waals surface area contributed by atoms with Gasteiger partial charge >= 0.3 is 0 Å². The summed E-state index contributed by atoms with van der Waals surface area (Å²) in [5.74, 6) is -0.992. The largest absolute Gasteiger partial charge is 0.493 e. The third-order valence-electron chi connectivity index (χ3n) is 4.84. The molecule has 0 radical (unpaired) electrons. The van der Waals surface area contributed by atoms with Crippen LogP contribution in [0.5, 0.6) is 11.5 Å². The van der Waals surface area contributed by atoms with E-state index in [1.165, 1.54) is 56.7 Å². The molecule has 0 aliphatic heterocycles. The Morgan fingerprint density at radius 1 is 1.00 bits per heavy atom. The van der Waals surface area contributed by atoms with Gasteiger partial charge < -0.3 is 14.8 Å². The summed E-state index contributed by atoms with van der Waals surface area (Å²) in [6, 6.07) is 14.0. The second kappa shape index (κ2) is 10.9. The van der Waals surface area contributed by atoms with E-state index in [1.54, 1.807) is 12.1 Å². The summed E-state index contributed by atoms with van der Waals surface area (Å²) >= 11 is 12.0. The number of methoxy groups -OCH3 is 2. The number of sulfonamides is 1. The van der Waals surface area contributed by atoms with Crippen LogP contribution in [-0.2, 0) is 21.4 Å². The van der Waals surface area contributed by atoms with Crippen LogP contribution in [0.25, 0.3) is 0 Å². The molecule has 0 heterocycles. The van der Waals surface area contributed by atoms with Crippen molar-refractivity contribution in [2.24, 2.45) is 0 Å². The van der Waals surface area contributed by atoms with Crippen molar-refractivity contribution in [3.8, 4) is 11.5 Å². The number of hydrogen-bond acceptors (Lipinski definition) is 5. The highest BCUT2D eigenvalue weighted by Gasteiger charge is 2.30. The lowest BCUT2D eigenvalue weighted by Crippen LogP contribution is -2.41. The Kier molecular flexibility index (Phi) is 8.24. The number of nitrogens with one attached hydrogen (secondary N) is 1. The van der Waals surface area contributed by atoms with Crippen molar-refractivity contribution in [2.45, 2.75) is 11.4 Å². The fourth-order valence-corrected chi connectivity index (χ4v) is 5.02. The summed E-state index contributed by atoms with van der Waals surface area (Å²) in [6.45, 7) is -0.654. The zero-order chi connectivity index (χ0) is 24.9. The number of halogens is 3. The number of carbonyl (C=O) groups excluding carboxylic acids is 1. The lowest BCUT2D eigenvalue weighted by atomic mass is 10.2. The molecular weight excluding hydrogens is 506 g/mol. The Labute approximate surface area is 207 Å². The fourth-order valence-electron chi connectivity index (χ4n) is 3.10. The summed E-state index contributed by atoms with van der Waals surface area (Å²) < 4.78 is 52.7. The number of ether oxygens (including phenoxy) is 2. The summed E-state index contributed by atoms with van der Waals surface area (Å²) in [6.07, 6.45) is 0. The smallest absolute Gasteiger partial charge is 0.265 e. The van der Waals surface area contributed by atoms with Gasteiger partial charge in [0.25, 0.3) is 10.0 Å². The highest BCUT2D eigenvalue weighted by Crippen LogP contribution is 2.33. The van der Waals surface area contributed by atoms with Gasteiger partial charge in [0.2, 0.25) is 5.91 Å². The highest BCUT2D eigenvalue weighted by molar-refractivity contribution is 7.92. The summed E-state index contributed by atoms with van der Waals surface area (Å²) in [4.78, 5) is 12.5. The Hall–Kier alpha value is -3.01. The van der Waals surface area contributed by atoms with Gasteiger partial charge in [-0.15, -0.1) is 0 Å². The average Bonchev–Trinajstić information content (AvgIpc) is 2.82. The van der Waals surface area contributed by atoms with Gasteiger partial charge in [-0.2, -0.15) is 0 Å². The Balaban J connectivity index is 1.93. The Morgan fingerprint density at radius 3 is 2.35 bits per heavy atom. The minimum atomic E-state index is -4.37. The van der Waals surface area contributed by atoms with E-state index >= 15 is 0 Å². The van der Waals surface area contributed by atoms with Crippen LogP contribution >= 0.6 is 23.2 Å². The first-order valence-corrected chi connectivity index (χ1v) is 12.1. The van der Waals surface area contributed by atoms with Crippen molar-refractivity contribution in [3.05, 3.63) is 82.1 Å². The molecule has 0 spiro atoms. The number of anilines is 1. The first-order valence-electron chi connectivity index (χ1n) is 9.87. The van der Waals surface area contributed by atoms with Gasteiger partial charge in [-0.1, -0.05) is 41.4 Å². The molecule has 34 heavy (non-hydrogen) atoms. The van der Waals surface area contributed by atoms with E-state index in [-0.39, 0.29) is 22.9 Å². The maximum atomic E-state index is 14.6. The fraction of sp³-hybridized carbons (Fsp3) is 0.174. The van der Waals surface area contributed by atoms with Crippen molar-refractivity contribution in [1.82, 2.24) is 5.32 Å². The second-order valence-electron chi connectivity index (χ2n) is 6.99. The van der Waals surface area contributed by atoms with Crippen molar-refractivity contribution >= 4 is 44.8 Å². The van der Waals surface area contributed by atoms with Crippen LogP contribution in [0.2, 0.25) is 10.0 Å². The highest BCUT2D eigenvalue weighted by atomic mass is 35.5. The predicted octanol–water partition coefficient (Wildman–Crippen LogP) is 4.66. The maximum absolute atomic E-state index is 14.6. The molecule has 0 unspecified atom stereocenters. The molecular formula is C23H21Cl2FN2O5S. The molecule has 0 aliphatic carbocycles. The van der Waals surface area contributed by atoms with E-state index in [9.17, 15) is 17.6 Å². The van der Waals surface area contributed by atoms with Gasteiger partial charge in [-0.05, 0) is 42.0 Å². The Morgan fingerprint density at radius 2 is 1.71 bits per heavy atom. The predicted molar refractivity (Wildman–Crippen MR) is 129 cm³/mol. The van der Waals surface area contributed by atoms with E-state index in [4.69, 9.17) is 32.7 Å². The van der Waals surface area contributed by atoms with Crippen molar-refractivity contribution < 1.29 is 27.1 Å². The molecule has 1 amide bonds.